The summed E-state index contributed by atoms with van der Waals surface area (Å²) in [7, 11) is 0. The number of carbonyl (C=O) groups is 1. The molecule has 1 unspecified atom stereocenters. The van der Waals surface area contributed by atoms with Gasteiger partial charge in [0.25, 0.3) is 5.91 Å². The van der Waals surface area contributed by atoms with Crippen LogP contribution in [0.1, 0.15) is 48.7 Å². The normalized spacial score (nSPS) is 14.3. The highest BCUT2D eigenvalue weighted by Crippen LogP contribution is 2.16. The van der Waals surface area contributed by atoms with Crippen molar-refractivity contribution in [2.75, 3.05) is 6.54 Å². The average molecular weight is 263 g/mol. The van der Waals surface area contributed by atoms with Crippen LogP contribution in [-0.4, -0.2) is 23.2 Å². The van der Waals surface area contributed by atoms with Crippen LogP contribution in [0, 0.1) is 19.8 Å². The Balaban J connectivity index is 2.68. The van der Waals surface area contributed by atoms with Crippen molar-refractivity contribution in [3.63, 3.8) is 0 Å². The van der Waals surface area contributed by atoms with Gasteiger partial charge in [0.15, 0.2) is 0 Å². The van der Waals surface area contributed by atoms with E-state index in [1.165, 1.54) is 0 Å². The SMILES string of the molecule is Cc1ccc(C)c(C(=O)NCC(C)(O)CC(C)C)c1. The Bertz CT molecular complexity index is 450. The zero-order valence-corrected chi connectivity index (χ0v) is 12.6. The fraction of sp³-hybridized carbons (Fsp3) is 0.562. The summed E-state index contributed by atoms with van der Waals surface area (Å²) in [5.41, 5.74) is 1.83. The summed E-state index contributed by atoms with van der Waals surface area (Å²) in [6.45, 7) is 10.0. The summed E-state index contributed by atoms with van der Waals surface area (Å²) in [5, 5.41) is 13.0. The average Bonchev–Trinajstić information content (AvgIpc) is 2.27. The molecule has 0 fully saturated rings. The van der Waals surface area contributed by atoms with Gasteiger partial charge in [-0.15, -0.1) is 0 Å². The summed E-state index contributed by atoms with van der Waals surface area (Å²) >= 11 is 0. The maximum atomic E-state index is 12.1. The first-order chi connectivity index (χ1) is 8.71. The van der Waals surface area contributed by atoms with Crippen LogP contribution in [-0.2, 0) is 0 Å². The lowest BCUT2D eigenvalue weighted by Gasteiger charge is -2.25. The fourth-order valence-electron chi connectivity index (χ4n) is 2.30. The van der Waals surface area contributed by atoms with Gasteiger partial charge in [0, 0.05) is 12.1 Å². The van der Waals surface area contributed by atoms with Crippen LogP contribution in [0.5, 0.6) is 0 Å². The van der Waals surface area contributed by atoms with Gasteiger partial charge in [-0.1, -0.05) is 31.5 Å². The first kappa shape index (κ1) is 15.7. The number of nitrogens with one attached hydrogen (secondary N) is 1. The minimum absolute atomic E-state index is 0.120. The maximum absolute atomic E-state index is 12.1. The molecule has 106 valence electrons. The lowest BCUT2D eigenvalue weighted by Crippen LogP contribution is -2.41. The Kier molecular flexibility index (Phi) is 5.12. The number of aliphatic hydroxyl groups is 1. The lowest BCUT2D eigenvalue weighted by atomic mass is 9.94. The number of benzene rings is 1. The molecule has 1 rings (SSSR count). The second-order valence-electron chi connectivity index (χ2n) is 6.10. The van der Waals surface area contributed by atoms with Crippen LogP contribution in [0.15, 0.2) is 18.2 Å². The van der Waals surface area contributed by atoms with Crippen LogP contribution in [0.4, 0.5) is 0 Å². The number of hydrogen-bond acceptors (Lipinski definition) is 2. The lowest BCUT2D eigenvalue weighted by molar-refractivity contribution is 0.0368. The molecule has 1 amide bonds. The highest BCUT2D eigenvalue weighted by molar-refractivity contribution is 5.95. The van der Waals surface area contributed by atoms with Gasteiger partial charge in [-0.25, -0.2) is 0 Å². The van der Waals surface area contributed by atoms with E-state index in [0.29, 0.717) is 17.9 Å². The number of carbonyl (C=O) groups excluding carboxylic acids is 1. The van der Waals surface area contributed by atoms with Gasteiger partial charge in [-0.2, -0.15) is 0 Å². The molecule has 19 heavy (non-hydrogen) atoms. The molecule has 0 aliphatic heterocycles. The molecule has 0 heterocycles. The number of aryl methyl sites for hydroxylation is 2. The van der Waals surface area contributed by atoms with E-state index in [9.17, 15) is 9.90 Å². The molecule has 0 aliphatic carbocycles. The summed E-state index contributed by atoms with van der Waals surface area (Å²) in [4.78, 5) is 12.1. The summed E-state index contributed by atoms with van der Waals surface area (Å²) in [6, 6.07) is 5.80. The van der Waals surface area contributed by atoms with Crippen LogP contribution in [0.3, 0.4) is 0 Å². The standard InChI is InChI=1S/C16H25NO2/c1-11(2)9-16(5,19)10-17-15(18)14-8-12(3)6-7-13(14)4/h6-8,11,19H,9-10H2,1-5H3,(H,17,18). The van der Waals surface area contributed by atoms with E-state index in [4.69, 9.17) is 0 Å². The molecular formula is C16H25NO2. The first-order valence-corrected chi connectivity index (χ1v) is 6.79. The monoisotopic (exact) mass is 263 g/mol. The van der Waals surface area contributed by atoms with Gasteiger partial charge in [0.2, 0.25) is 0 Å². The van der Waals surface area contributed by atoms with E-state index < -0.39 is 5.60 Å². The van der Waals surface area contributed by atoms with Crippen molar-refractivity contribution in [3.8, 4) is 0 Å². The van der Waals surface area contributed by atoms with Crippen molar-refractivity contribution in [1.29, 1.82) is 0 Å². The summed E-state index contributed by atoms with van der Waals surface area (Å²) in [6.07, 6.45) is 0.667. The molecule has 0 spiro atoms. The molecule has 0 bridgehead atoms. The zero-order valence-electron chi connectivity index (χ0n) is 12.6. The molecule has 3 nitrogen and oxygen atoms in total. The molecule has 3 heteroatoms. The van der Waals surface area contributed by atoms with Crippen molar-refractivity contribution in [3.05, 3.63) is 34.9 Å². The Morgan fingerprint density at radius 1 is 1.37 bits per heavy atom. The zero-order chi connectivity index (χ0) is 14.6. The minimum atomic E-state index is -0.860. The smallest absolute Gasteiger partial charge is 0.251 e. The Hall–Kier alpha value is -1.35. The Morgan fingerprint density at radius 3 is 2.58 bits per heavy atom. The third-order valence-corrected chi connectivity index (χ3v) is 3.12. The number of hydrogen-bond donors (Lipinski definition) is 2. The van der Waals surface area contributed by atoms with Crippen molar-refractivity contribution in [2.45, 2.75) is 46.6 Å². The van der Waals surface area contributed by atoms with Gasteiger partial charge < -0.3 is 10.4 Å². The molecule has 2 N–H and O–H groups in total. The highest BCUT2D eigenvalue weighted by atomic mass is 16.3. The van der Waals surface area contributed by atoms with Crippen molar-refractivity contribution in [2.24, 2.45) is 5.92 Å². The van der Waals surface area contributed by atoms with Gasteiger partial charge in [-0.05, 0) is 44.7 Å². The molecule has 0 saturated heterocycles. The van der Waals surface area contributed by atoms with Crippen LogP contribution >= 0.6 is 0 Å². The van der Waals surface area contributed by atoms with Crippen LogP contribution in [0.2, 0.25) is 0 Å². The van der Waals surface area contributed by atoms with Gasteiger partial charge in [-0.3, -0.25) is 4.79 Å². The largest absolute Gasteiger partial charge is 0.388 e. The summed E-state index contributed by atoms with van der Waals surface area (Å²) < 4.78 is 0. The van der Waals surface area contributed by atoms with Crippen LogP contribution in [0.25, 0.3) is 0 Å². The number of amides is 1. The molecular weight excluding hydrogens is 238 g/mol. The van der Waals surface area contributed by atoms with Crippen LogP contribution < -0.4 is 5.32 Å². The van der Waals surface area contributed by atoms with E-state index in [-0.39, 0.29) is 12.5 Å². The predicted octanol–water partition coefficient (Wildman–Crippen LogP) is 2.83. The fourth-order valence-corrected chi connectivity index (χ4v) is 2.30. The Morgan fingerprint density at radius 2 is 2.00 bits per heavy atom. The second-order valence-corrected chi connectivity index (χ2v) is 6.10. The second kappa shape index (κ2) is 6.20. The van der Waals surface area contributed by atoms with E-state index in [0.717, 1.165) is 11.1 Å². The molecule has 0 aromatic heterocycles. The molecule has 1 aromatic carbocycles. The number of rotatable bonds is 5. The third kappa shape index (κ3) is 5.03. The molecule has 0 saturated carbocycles. The molecule has 0 aliphatic rings. The summed E-state index contributed by atoms with van der Waals surface area (Å²) in [5.74, 6) is 0.276. The maximum Gasteiger partial charge on any atom is 0.251 e. The van der Waals surface area contributed by atoms with Crippen molar-refractivity contribution < 1.29 is 9.90 Å². The minimum Gasteiger partial charge on any atom is -0.388 e. The van der Waals surface area contributed by atoms with E-state index in [1.54, 1.807) is 6.92 Å². The van der Waals surface area contributed by atoms with E-state index in [2.05, 4.69) is 19.2 Å². The van der Waals surface area contributed by atoms with Gasteiger partial charge in [0.1, 0.15) is 0 Å². The van der Waals surface area contributed by atoms with Gasteiger partial charge >= 0.3 is 0 Å². The quantitative estimate of drug-likeness (QED) is 0.858. The van der Waals surface area contributed by atoms with Crippen molar-refractivity contribution in [1.82, 2.24) is 5.32 Å². The Labute approximate surface area is 116 Å². The first-order valence-electron chi connectivity index (χ1n) is 6.79. The van der Waals surface area contributed by atoms with E-state index >= 15 is 0 Å². The predicted molar refractivity (Wildman–Crippen MR) is 78.3 cm³/mol. The highest BCUT2D eigenvalue weighted by Gasteiger charge is 2.23. The molecule has 0 radical (unpaired) electrons. The van der Waals surface area contributed by atoms with Crippen molar-refractivity contribution >= 4 is 5.91 Å². The molecule has 1 atom stereocenters. The van der Waals surface area contributed by atoms with E-state index in [1.807, 2.05) is 32.0 Å². The van der Waals surface area contributed by atoms with Gasteiger partial charge in [0.05, 0.1) is 5.60 Å². The topological polar surface area (TPSA) is 49.3 Å². The third-order valence-electron chi connectivity index (χ3n) is 3.12. The molecule has 1 aromatic rings.